The predicted molar refractivity (Wildman–Crippen MR) is 84.1 cm³/mol. The van der Waals surface area contributed by atoms with E-state index >= 15 is 0 Å². The van der Waals surface area contributed by atoms with Gasteiger partial charge in [-0.2, -0.15) is 0 Å². The molecule has 2 aliphatic rings. The van der Waals surface area contributed by atoms with Gasteiger partial charge < -0.3 is 9.84 Å². The Bertz CT molecular complexity index is 551. The third-order valence-electron chi connectivity index (χ3n) is 4.32. The summed E-state index contributed by atoms with van der Waals surface area (Å²) in [5.74, 6) is -0.490. The van der Waals surface area contributed by atoms with Crippen LogP contribution in [-0.2, 0) is 14.3 Å². The van der Waals surface area contributed by atoms with Crippen LogP contribution in [0.25, 0.3) is 0 Å². The minimum atomic E-state index is -0.928. The summed E-state index contributed by atoms with van der Waals surface area (Å²) in [5, 5.41) is 9.86. The average Bonchev–Trinajstić information content (AvgIpc) is 2.70. The van der Waals surface area contributed by atoms with Gasteiger partial charge in [-0.25, -0.2) is 0 Å². The maximum atomic E-state index is 12.3. The molecule has 1 aliphatic carbocycles. The van der Waals surface area contributed by atoms with E-state index < -0.39 is 17.6 Å². The molecule has 1 heterocycles. The van der Waals surface area contributed by atoms with Gasteiger partial charge in [0.15, 0.2) is 5.78 Å². The molecule has 0 amide bonds. The maximum absolute atomic E-state index is 12.3. The second-order valence-electron chi connectivity index (χ2n) is 6.57. The Kier molecular flexibility index (Phi) is 5.01. The first-order valence-corrected chi connectivity index (χ1v) is 7.74. The van der Waals surface area contributed by atoms with Crippen molar-refractivity contribution in [3.63, 3.8) is 0 Å². The van der Waals surface area contributed by atoms with Crippen LogP contribution in [-0.4, -0.2) is 29.1 Å². The van der Waals surface area contributed by atoms with Crippen molar-refractivity contribution in [3.8, 4) is 0 Å². The highest BCUT2D eigenvalue weighted by Crippen LogP contribution is 2.44. The molecule has 4 heteroatoms. The zero-order valence-electron chi connectivity index (χ0n) is 13.5. The second kappa shape index (κ2) is 6.61. The number of aliphatic hydroxyl groups excluding tert-OH is 1. The van der Waals surface area contributed by atoms with Crippen LogP contribution in [0.4, 0.5) is 0 Å². The molecule has 0 bridgehead atoms. The van der Waals surface area contributed by atoms with E-state index in [4.69, 9.17) is 4.74 Å². The monoisotopic (exact) mass is 304 g/mol. The summed E-state index contributed by atoms with van der Waals surface area (Å²) in [6, 6.07) is 0. The first-order chi connectivity index (χ1) is 10.3. The number of ketones is 1. The molecule has 120 valence electrons. The molecule has 2 rings (SSSR count). The molecule has 0 aromatic carbocycles. The zero-order chi connectivity index (χ0) is 16.3. The van der Waals surface area contributed by atoms with Crippen LogP contribution in [0.15, 0.2) is 35.5 Å². The van der Waals surface area contributed by atoms with E-state index in [9.17, 15) is 14.7 Å². The topological polar surface area (TPSA) is 63.6 Å². The van der Waals surface area contributed by atoms with Crippen LogP contribution in [0.3, 0.4) is 0 Å². The smallest absolute Gasteiger partial charge is 0.307 e. The standard InChI is InChI=1S/C18H24O4/c1-12(2)5-4-6-13(3)9-16-18(11-17(21)22-16)10-14(19)7-8-15(18)20/h5,7-9,14,16,19H,4,6,10-11H2,1-3H3/b13-9+/t14-,16-,18+/m0/s1. The molecule has 0 radical (unpaired) electrons. The summed E-state index contributed by atoms with van der Waals surface area (Å²) in [7, 11) is 0. The minimum Gasteiger partial charge on any atom is -0.457 e. The summed E-state index contributed by atoms with van der Waals surface area (Å²) in [4.78, 5) is 24.1. The Morgan fingerprint density at radius 2 is 2.14 bits per heavy atom. The average molecular weight is 304 g/mol. The number of rotatable bonds is 4. The van der Waals surface area contributed by atoms with Crippen molar-refractivity contribution in [2.45, 2.75) is 58.7 Å². The van der Waals surface area contributed by atoms with Crippen molar-refractivity contribution >= 4 is 11.8 Å². The van der Waals surface area contributed by atoms with Crippen molar-refractivity contribution in [2.24, 2.45) is 5.41 Å². The van der Waals surface area contributed by atoms with Gasteiger partial charge in [0.05, 0.1) is 17.9 Å². The maximum Gasteiger partial charge on any atom is 0.307 e. The Balaban J connectivity index is 2.17. The number of cyclic esters (lactones) is 1. The molecule has 1 spiro atoms. The fourth-order valence-corrected chi connectivity index (χ4v) is 3.10. The normalized spacial score (nSPS) is 31.5. The van der Waals surface area contributed by atoms with Gasteiger partial charge in [0.2, 0.25) is 0 Å². The third kappa shape index (κ3) is 3.55. The van der Waals surface area contributed by atoms with Crippen LogP contribution in [0.1, 0.15) is 46.5 Å². The van der Waals surface area contributed by atoms with E-state index in [1.54, 1.807) is 0 Å². The third-order valence-corrected chi connectivity index (χ3v) is 4.32. The highest BCUT2D eigenvalue weighted by Gasteiger charge is 2.54. The lowest BCUT2D eigenvalue weighted by atomic mass is 9.69. The van der Waals surface area contributed by atoms with Crippen molar-refractivity contribution < 1.29 is 19.4 Å². The molecule has 1 aliphatic heterocycles. The number of allylic oxidation sites excluding steroid dienone is 4. The number of hydrogen-bond donors (Lipinski definition) is 1. The van der Waals surface area contributed by atoms with Crippen molar-refractivity contribution in [2.75, 3.05) is 0 Å². The van der Waals surface area contributed by atoms with Crippen molar-refractivity contribution in [1.29, 1.82) is 0 Å². The Morgan fingerprint density at radius 3 is 2.82 bits per heavy atom. The van der Waals surface area contributed by atoms with Crippen LogP contribution < -0.4 is 0 Å². The van der Waals surface area contributed by atoms with Crippen LogP contribution in [0.5, 0.6) is 0 Å². The zero-order valence-corrected chi connectivity index (χ0v) is 13.5. The van der Waals surface area contributed by atoms with E-state index in [1.165, 1.54) is 17.7 Å². The van der Waals surface area contributed by atoms with Crippen molar-refractivity contribution in [1.82, 2.24) is 0 Å². The van der Waals surface area contributed by atoms with Crippen LogP contribution in [0, 0.1) is 5.41 Å². The number of carbonyl (C=O) groups is 2. The Hall–Kier alpha value is -1.68. The Labute approximate surface area is 131 Å². The fraction of sp³-hybridized carbons (Fsp3) is 0.556. The van der Waals surface area contributed by atoms with Crippen LogP contribution >= 0.6 is 0 Å². The summed E-state index contributed by atoms with van der Waals surface area (Å²) in [6.45, 7) is 6.10. The van der Waals surface area contributed by atoms with E-state index in [-0.39, 0.29) is 24.6 Å². The van der Waals surface area contributed by atoms with E-state index in [0.717, 1.165) is 18.4 Å². The number of ether oxygens (including phenoxy) is 1. The molecular weight excluding hydrogens is 280 g/mol. The van der Waals surface area contributed by atoms with Crippen LogP contribution in [0.2, 0.25) is 0 Å². The second-order valence-corrected chi connectivity index (χ2v) is 6.57. The molecule has 3 atom stereocenters. The van der Waals surface area contributed by atoms with Gasteiger partial charge >= 0.3 is 5.97 Å². The van der Waals surface area contributed by atoms with E-state index in [0.29, 0.717) is 0 Å². The molecule has 4 nitrogen and oxygen atoms in total. The number of carbonyl (C=O) groups excluding carboxylic acids is 2. The summed E-state index contributed by atoms with van der Waals surface area (Å²) in [5.41, 5.74) is 1.43. The molecule has 0 unspecified atom stereocenters. The molecule has 22 heavy (non-hydrogen) atoms. The molecule has 1 saturated heterocycles. The van der Waals surface area contributed by atoms with E-state index in [1.807, 2.05) is 13.0 Å². The van der Waals surface area contributed by atoms with Gasteiger partial charge in [-0.1, -0.05) is 23.3 Å². The highest BCUT2D eigenvalue weighted by molar-refractivity contribution is 6.00. The summed E-state index contributed by atoms with van der Waals surface area (Å²) >= 11 is 0. The van der Waals surface area contributed by atoms with E-state index in [2.05, 4.69) is 19.9 Å². The molecular formula is C18H24O4. The molecule has 1 fully saturated rings. The van der Waals surface area contributed by atoms with Crippen molar-refractivity contribution in [3.05, 3.63) is 35.5 Å². The van der Waals surface area contributed by atoms with Gasteiger partial charge in [0, 0.05) is 0 Å². The van der Waals surface area contributed by atoms with Gasteiger partial charge in [-0.3, -0.25) is 9.59 Å². The summed E-state index contributed by atoms with van der Waals surface area (Å²) < 4.78 is 5.37. The molecule has 0 saturated carbocycles. The molecule has 0 aromatic rings. The van der Waals surface area contributed by atoms with Gasteiger partial charge in [0.25, 0.3) is 0 Å². The van der Waals surface area contributed by atoms with Gasteiger partial charge in [-0.05, 0) is 52.2 Å². The fourth-order valence-electron chi connectivity index (χ4n) is 3.10. The highest BCUT2D eigenvalue weighted by atomic mass is 16.6. The molecule has 1 N–H and O–H groups in total. The largest absolute Gasteiger partial charge is 0.457 e. The first-order valence-electron chi connectivity index (χ1n) is 7.74. The lowest BCUT2D eigenvalue weighted by molar-refractivity contribution is -0.140. The molecule has 0 aromatic heterocycles. The lowest BCUT2D eigenvalue weighted by Gasteiger charge is -2.32. The first kappa shape index (κ1) is 16.7. The summed E-state index contributed by atoms with van der Waals surface area (Å²) in [6.07, 6.45) is 7.73. The predicted octanol–water partition coefficient (Wildman–Crippen LogP) is 2.87. The Morgan fingerprint density at radius 1 is 1.41 bits per heavy atom. The number of esters is 1. The quantitative estimate of drug-likeness (QED) is 0.641. The SMILES string of the molecule is CC(C)=CCC/C(C)=C/[C@@H]1OC(=O)C[C@@]12C[C@@H](O)C=CC2=O. The number of hydrogen-bond acceptors (Lipinski definition) is 4. The number of aliphatic hydroxyl groups is 1. The van der Waals surface area contributed by atoms with Gasteiger partial charge in [-0.15, -0.1) is 0 Å². The minimum absolute atomic E-state index is 0.0512. The lowest BCUT2D eigenvalue weighted by Crippen LogP contribution is -2.42. The van der Waals surface area contributed by atoms with Gasteiger partial charge in [0.1, 0.15) is 6.10 Å².